The molecule has 1 aliphatic heterocycles. The summed E-state index contributed by atoms with van der Waals surface area (Å²) in [7, 11) is 1.62. The van der Waals surface area contributed by atoms with E-state index in [0.29, 0.717) is 29.2 Å². The Morgan fingerprint density at radius 1 is 1.17 bits per heavy atom. The number of halogens is 1. The molecule has 2 aromatic carbocycles. The average Bonchev–Trinajstić information content (AvgIpc) is 2.72. The van der Waals surface area contributed by atoms with E-state index in [9.17, 15) is 4.79 Å². The van der Waals surface area contributed by atoms with E-state index in [1.807, 2.05) is 48.5 Å². The molecule has 0 spiro atoms. The lowest BCUT2D eigenvalue weighted by Gasteiger charge is -2.31. The standard InChI is InChI=1S/C21H20ClN5O2/c1-13-11-18(28)27-19(15-5-9-17(29-2)10-6-15)25-20(26-21(27)24-13)23-12-14-3-7-16(22)8-4-14/h3-11,19H,12H2,1-2H3,(H2,23,24,25,26). The van der Waals surface area contributed by atoms with Gasteiger partial charge in [-0.1, -0.05) is 35.9 Å². The number of hydrogen-bond acceptors (Lipinski definition) is 4. The third kappa shape index (κ3) is 4.09. The molecule has 0 saturated heterocycles. The maximum Gasteiger partial charge on any atom is 0.257 e. The van der Waals surface area contributed by atoms with Crippen molar-refractivity contribution in [2.75, 3.05) is 12.4 Å². The number of ether oxygens (including phenoxy) is 1. The van der Waals surface area contributed by atoms with Crippen LogP contribution in [0.3, 0.4) is 0 Å². The molecule has 0 aliphatic carbocycles. The molecule has 0 bridgehead atoms. The van der Waals surface area contributed by atoms with Crippen molar-refractivity contribution in [1.29, 1.82) is 0 Å². The number of aryl methyl sites for hydroxylation is 1. The number of methoxy groups -OCH3 is 1. The summed E-state index contributed by atoms with van der Waals surface area (Å²) < 4.78 is 6.82. The molecular weight excluding hydrogens is 390 g/mol. The Bertz CT molecular complexity index is 1110. The van der Waals surface area contributed by atoms with E-state index in [1.165, 1.54) is 6.07 Å². The minimum atomic E-state index is -0.443. The van der Waals surface area contributed by atoms with Gasteiger partial charge in [0.05, 0.1) is 13.7 Å². The Labute approximate surface area is 173 Å². The fourth-order valence-corrected chi connectivity index (χ4v) is 3.27. The molecule has 8 heteroatoms. The molecule has 4 rings (SSSR count). The quantitative estimate of drug-likeness (QED) is 0.690. The molecule has 0 radical (unpaired) electrons. The smallest absolute Gasteiger partial charge is 0.257 e. The van der Waals surface area contributed by atoms with Crippen LogP contribution < -0.4 is 20.9 Å². The topological polar surface area (TPSA) is 80.5 Å². The van der Waals surface area contributed by atoms with Crippen molar-refractivity contribution in [2.24, 2.45) is 4.99 Å². The van der Waals surface area contributed by atoms with Gasteiger partial charge in [-0.15, -0.1) is 0 Å². The molecule has 1 atom stereocenters. The number of benzene rings is 2. The van der Waals surface area contributed by atoms with Crippen LogP contribution >= 0.6 is 11.6 Å². The van der Waals surface area contributed by atoms with Crippen molar-refractivity contribution in [3.63, 3.8) is 0 Å². The van der Waals surface area contributed by atoms with Gasteiger partial charge >= 0.3 is 0 Å². The van der Waals surface area contributed by atoms with Gasteiger partial charge in [0.15, 0.2) is 5.96 Å². The summed E-state index contributed by atoms with van der Waals surface area (Å²) in [5.74, 6) is 1.73. The lowest BCUT2D eigenvalue weighted by atomic mass is 10.1. The first-order chi connectivity index (χ1) is 14.0. The highest BCUT2D eigenvalue weighted by Crippen LogP contribution is 2.23. The summed E-state index contributed by atoms with van der Waals surface area (Å²) in [6, 6.07) is 16.6. The zero-order valence-corrected chi connectivity index (χ0v) is 16.8. The van der Waals surface area contributed by atoms with Gasteiger partial charge in [0, 0.05) is 16.8 Å². The number of aliphatic imine (C=N–C) groups is 1. The largest absolute Gasteiger partial charge is 0.497 e. The third-order valence-electron chi connectivity index (χ3n) is 4.61. The monoisotopic (exact) mass is 409 g/mol. The highest BCUT2D eigenvalue weighted by atomic mass is 35.5. The maximum atomic E-state index is 12.7. The number of hydrogen-bond donors (Lipinski definition) is 2. The first-order valence-corrected chi connectivity index (χ1v) is 9.48. The van der Waals surface area contributed by atoms with E-state index in [0.717, 1.165) is 16.9 Å². The molecule has 1 aromatic heterocycles. The zero-order chi connectivity index (χ0) is 20.4. The molecule has 0 fully saturated rings. The van der Waals surface area contributed by atoms with Crippen LogP contribution in [0.15, 0.2) is 64.4 Å². The summed E-state index contributed by atoms with van der Waals surface area (Å²) in [6.07, 6.45) is -0.443. The molecule has 7 nitrogen and oxygen atoms in total. The number of aromatic nitrogens is 2. The summed E-state index contributed by atoms with van der Waals surface area (Å²) in [4.78, 5) is 21.8. The second-order valence-electron chi connectivity index (χ2n) is 6.67. The highest BCUT2D eigenvalue weighted by molar-refractivity contribution is 6.30. The van der Waals surface area contributed by atoms with Gasteiger partial charge in [0.25, 0.3) is 5.56 Å². The van der Waals surface area contributed by atoms with Crippen molar-refractivity contribution < 1.29 is 4.74 Å². The van der Waals surface area contributed by atoms with Crippen LogP contribution in [0.25, 0.3) is 0 Å². The molecular formula is C21H20ClN5O2. The average molecular weight is 410 g/mol. The third-order valence-corrected chi connectivity index (χ3v) is 4.86. The summed E-state index contributed by atoms with van der Waals surface area (Å²) >= 11 is 5.94. The Kier molecular flexibility index (Phi) is 5.22. The number of guanidine groups is 1. The van der Waals surface area contributed by atoms with Gasteiger partial charge in [-0.25, -0.2) is 9.98 Å². The van der Waals surface area contributed by atoms with E-state index in [4.69, 9.17) is 16.3 Å². The summed E-state index contributed by atoms with van der Waals surface area (Å²) in [6.45, 7) is 2.25. The lowest BCUT2D eigenvalue weighted by Crippen LogP contribution is -2.48. The van der Waals surface area contributed by atoms with Gasteiger partial charge in [-0.2, -0.15) is 0 Å². The van der Waals surface area contributed by atoms with E-state index in [1.54, 1.807) is 18.6 Å². The molecule has 2 N–H and O–H groups in total. The summed E-state index contributed by atoms with van der Waals surface area (Å²) in [5.41, 5.74) is 2.40. The van der Waals surface area contributed by atoms with E-state index >= 15 is 0 Å². The Hall–Kier alpha value is -3.32. The molecule has 0 amide bonds. The minimum Gasteiger partial charge on any atom is -0.497 e. The molecule has 2 heterocycles. The number of anilines is 1. The first kappa shape index (κ1) is 19.0. The van der Waals surface area contributed by atoms with Crippen LogP contribution in [0.2, 0.25) is 5.02 Å². The molecule has 148 valence electrons. The second kappa shape index (κ2) is 7.97. The van der Waals surface area contributed by atoms with Gasteiger partial charge in [-0.05, 0) is 42.3 Å². The van der Waals surface area contributed by atoms with Gasteiger partial charge in [0.1, 0.15) is 11.9 Å². The molecule has 1 unspecified atom stereocenters. The van der Waals surface area contributed by atoms with Crippen LogP contribution in [-0.2, 0) is 6.54 Å². The normalized spacial score (nSPS) is 16.7. The van der Waals surface area contributed by atoms with Crippen molar-refractivity contribution >= 4 is 23.5 Å². The highest BCUT2D eigenvalue weighted by Gasteiger charge is 2.26. The van der Waals surface area contributed by atoms with Crippen molar-refractivity contribution in [3.8, 4) is 5.75 Å². The van der Waals surface area contributed by atoms with E-state index in [-0.39, 0.29) is 5.56 Å². The fraction of sp³-hybridized carbons (Fsp3) is 0.190. The van der Waals surface area contributed by atoms with Crippen LogP contribution in [0.4, 0.5) is 5.95 Å². The van der Waals surface area contributed by atoms with Crippen molar-refractivity contribution in [1.82, 2.24) is 14.9 Å². The predicted octanol–water partition coefficient (Wildman–Crippen LogP) is 3.33. The number of fused-ring (bicyclic) bond motifs is 1. The molecule has 3 aromatic rings. The van der Waals surface area contributed by atoms with Crippen LogP contribution in [0.5, 0.6) is 5.75 Å². The Morgan fingerprint density at radius 3 is 2.59 bits per heavy atom. The van der Waals surface area contributed by atoms with Crippen LogP contribution in [0, 0.1) is 6.92 Å². The predicted molar refractivity (Wildman–Crippen MR) is 114 cm³/mol. The van der Waals surface area contributed by atoms with E-state index < -0.39 is 6.17 Å². The molecule has 29 heavy (non-hydrogen) atoms. The number of nitrogens with zero attached hydrogens (tertiary/aromatic N) is 3. The molecule has 0 saturated carbocycles. The lowest BCUT2D eigenvalue weighted by molar-refractivity contribution is 0.414. The second-order valence-corrected chi connectivity index (χ2v) is 7.10. The van der Waals surface area contributed by atoms with Gasteiger partial charge in [-0.3, -0.25) is 14.7 Å². The van der Waals surface area contributed by atoms with Crippen molar-refractivity contribution in [3.05, 3.63) is 86.8 Å². The fourth-order valence-electron chi connectivity index (χ4n) is 3.14. The Balaban J connectivity index is 1.70. The minimum absolute atomic E-state index is 0.148. The van der Waals surface area contributed by atoms with Gasteiger partial charge in [0.2, 0.25) is 5.95 Å². The van der Waals surface area contributed by atoms with Crippen LogP contribution in [0.1, 0.15) is 23.0 Å². The van der Waals surface area contributed by atoms with E-state index in [2.05, 4.69) is 20.6 Å². The SMILES string of the molecule is COc1ccc(C2NC(=NCc3ccc(Cl)cc3)Nc3nc(C)cc(=O)n32)cc1. The Morgan fingerprint density at radius 2 is 1.90 bits per heavy atom. The zero-order valence-electron chi connectivity index (χ0n) is 16.0. The number of nitrogens with one attached hydrogen (secondary N) is 2. The molecule has 1 aliphatic rings. The number of rotatable bonds is 4. The first-order valence-electron chi connectivity index (χ1n) is 9.10. The summed E-state index contributed by atoms with van der Waals surface area (Å²) in [5, 5.41) is 7.11. The maximum absolute atomic E-state index is 12.7. The van der Waals surface area contributed by atoms with Crippen molar-refractivity contribution in [2.45, 2.75) is 19.6 Å². The van der Waals surface area contributed by atoms with Gasteiger partial charge < -0.3 is 10.1 Å². The van der Waals surface area contributed by atoms with Crippen LogP contribution in [-0.4, -0.2) is 22.6 Å².